The molecule has 1 amide bonds. The fourth-order valence-corrected chi connectivity index (χ4v) is 5.29. The van der Waals surface area contributed by atoms with Crippen LogP contribution >= 0.6 is 27.5 Å². The second-order valence-electron chi connectivity index (χ2n) is 7.18. The fourth-order valence-electron chi connectivity index (χ4n) is 3.46. The zero-order valence-electron chi connectivity index (χ0n) is 16.9. The minimum Gasteiger partial charge on any atom is -0.490 e. The molecule has 0 saturated heterocycles. The van der Waals surface area contributed by atoms with E-state index in [1.807, 2.05) is 12.1 Å². The Labute approximate surface area is 200 Å². The Morgan fingerprint density at radius 2 is 1.72 bits per heavy atom. The van der Waals surface area contributed by atoms with Gasteiger partial charge in [0.2, 0.25) is 15.9 Å². The molecule has 32 heavy (non-hydrogen) atoms. The van der Waals surface area contributed by atoms with Crippen LogP contribution in [0.25, 0.3) is 0 Å². The van der Waals surface area contributed by atoms with Gasteiger partial charge in [-0.05, 0) is 48.0 Å². The summed E-state index contributed by atoms with van der Waals surface area (Å²) in [6, 6.07) is 20.5. The van der Waals surface area contributed by atoms with Crippen molar-refractivity contribution >= 4 is 49.1 Å². The summed E-state index contributed by atoms with van der Waals surface area (Å²) in [5.41, 5.74) is 1.24. The third-order valence-electron chi connectivity index (χ3n) is 5.10. The van der Waals surface area contributed by atoms with Crippen LogP contribution in [-0.4, -0.2) is 38.3 Å². The molecule has 0 N–H and O–H groups in total. The predicted octanol–water partition coefficient (Wildman–Crippen LogP) is 4.72. The van der Waals surface area contributed by atoms with Gasteiger partial charge in [-0.15, -0.1) is 0 Å². The Morgan fingerprint density at radius 3 is 2.47 bits per heavy atom. The summed E-state index contributed by atoms with van der Waals surface area (Å²) in [4.78, 5) is 15.0. The molecule has 1 aliphatic rings. The monoisotopic (exact) mass is 534 g/mol. The van der Waals surface area contributed by atoms with Gasteiger partial charge in [-0.3, -0.25) is 4.79 Å². The number of hydrogen-bond acceptors (Lipinski definition) is 4. The number of fused-ring (bicyclic) bond motifs is 1. The van der Waals surface area contributed by atoms with Gasteiger partial charge in [0.15, 0.2) is 0 Å². The summed E-state index contributed by atoms with van der Waals surface area (Å²) in [5, 5.41) is 0.438. The van der Waals surface area contributed by atoms with Crippen molar-refractivity contribution in [1.29, 1.82) is 0 Å². The van der Waals surface area contributed by atoms with E-state index in [9.17, 15) is 13.2 Å². The number of nitrogens with zero attached hydrogens (tertiary/aromatic N) is 2. The van der Waals surface area contributed by atoms with Crippen molar-refractivity contribution in [3.8, 4) is 5.75 Å². The number of benzene rings is 3. The van der Waals surface area contributed by atoms with Crippen molar-refractivity contribution in [3.05, 3.63) is 87.9 Å². The number of ether oxygens (including phenoxy) is 1. The Bertz CT molecular complexity index is 1230. The molecule has 0 radical (unpaired) electrons. The van der Waals surface area contributed by atoms with E-state index in [0.29, 0.717) is 35.2 Å². The first-order valence-corrected chi connectivity index (χ1v) is 12.5. The maximum absolute atomic E-state index is 13.5. The van der Waals surface area contributed by atoms with Gasteiger partial charge in [0.1, 0.15) is 12.4 Å². The van der Waals surface area contributed by atoms with Crippen LogP contribution in [0.2, 0.25) is 5.02 Å². The number of hydrogen-bond donors (Lipinski definition) is 0. The van der Waals surface area contributed by atoms with Crippen LogP contribution in [0.3, 0.4) is 0 Å². The number of anilines is 1. The van der Waals surface area contributed by atoms with Gasteiger partial charge >= 0.3 is 0 Å². The van der Waals surface area contributed by atoms with Gasteiger partial charge in [-0.2, -0.15) is 4.31 Å². The van der Waals surface area contributed by atoms with E-state index in [0.717, 1.165) is 8.78 Å². The Morgan fingerprint density at radius 1 is 1.03 bits per heavy atom. The molecule has 0 fully saturated rings. The molecule has 6 nitrogen and oxygen atoms in total. The number of sulfonamides is 1. The van der Waals surface area contributed by atoms with E-state index < -0.39 is 10.0 Å². The third kappa shape index (κ3) is 4.83. The van der Waals surface area contributed by atoms with Crippen LogP contribution < -0.4 is 9.64 Å². The van der Waals surface area contributed by atoms with Crippen molar-refractivity contribution in [3.63, 3.8) is 0 Å². The number of para-hydroxylation sites is 2. The smallest absolute Gasteiger partial charge is 0.243 e. The molecule has 0 saturated carbocycles. The van der Waals surface area contributed by atoms with Gasteiger partial charge in [0.25, 0.3) is 0 Å². The molecular weight excluding hydrogens is 516 g/mol. The second-order valence-corrected chi connectivity index (χ2v) is 10.4. The summed E-state index contributed by atoms with van der Waals surface area (Å²) in [7, 11) is -3.97. The second kappa shape index (κ2) is 9.62. The van der Waals surface area contributed by atoms with E-state index >= 15 is 0 Å². The van der Waals surface area contributed by atoms with Crippen LogP contribution in [0.5, 0.6) is 5.75 Å². The number of amides is 1. The summed E-state index contributed by atoms with van der Waals surface area (Å²) in [6.07, 6.45) is 0. The van der Waals surface area contributed by atoms with E-state index in [1.165, 1.54) is 12.1 Å². The summed E-state index contributed by atoms with van der Waals surface area (Å²) < 4.78 is 34.5. The molecule has 3 aromatic carbocycles. The van der Waals surface area contributed by atoms with E-state index in [-0.39, 0.29) is 23.9 Å². The lowest BCUT2D eigenvalue weighted by molar-refractivity contribution is -0.119. The van der Waals surface area contributed by atoms with Gasteiger partial charge in [0, 0.05) is 16.0 Å². The average molecular weight is 536 g/mol. The number of halogens is 2. The number of carbonyl (C=O) groups is 1. The van der Waals surface area contributed by atoms with Crippen molar-refractivity contribution in [2.75, 3.05) is 24.6 Å². The first-order chi connectivity index (χ1) is 15.4. The van der Waals surface area contributed by atoms with Gasteiger partial charge in [-0.1, -0.05) is 57.9 Å². The molecule has 0 atom stereocenters. The molecule has 0 aromatic heterocycles. The summed E-state index contributed by atoms with van der Waals surface area (Å²) >= 11 is 9.62. The molecule has 0 bridgehead atoms. The highest BCUT2D eigenvalue weighted by molar-refractivity contribution is 9.10. The lowest BCUT2D eigenvalue weighted by Gasteiger charge is -2.31. The Balaban J connectivity index is 1.67. The molecule has 0 unspecified atom stereocenters. The van der Waals surface area contributed by atoms with Crippen molar-refractivity contribution in [2.24, 2.45) is 0 Å². The molecule has 1 heterocycles. The standard InChI is InChI=1S/C23H20BrClN2O4S/c24-18-9-11-19(12-10-18)32(29,30)26(15-17-5-1-2-6-20(17)25)16-23(28)27-13-14-31-22-8-4-3-7-21(22)27/h1-12H,13-16H2. The quantitative estimate of drug-likeness (QED) is 0.458. The topological polar surface area (TPSA) is 66.9 Å². The molecule has 0 aliphatic carbocycles. The first-order valence-electron chi connectivity index (χ1n) is 9.87. The molecule has 4 rings (SSSR count). The lowest BCUT2D eigenvalue weighted by atomic mass is 10.2. The normalized spacial score (nSPS) is 13.5. The van der Waals surface area contributed by atoms with Crippen molar-refractivity contribution in [1.82, 2.24) is 4.31 Å². The number of rotatable bonds is 6. The SMILES string of the molecule is O=C(CN(Cc1ccccc1Cl)S(=O)(=O)c1ccc(Br)cc1)N1CCOc2ccccc21. The Kier molecular flexibility index (Phi) is 6.85. The number of carbonyl (C=O) groups excluding carboxylic acids is 1. The van der Waals surface area contributed by atoms with Crippen molar-refractivity contribution < 1.29 is 17.9 Å². The van der Waals surface area contributed by atoms with Crippen LogP contribution in [0.1, 0.15) is 5.56 Å². The highest BCUT2D eigenvalue weighted by Crippen LogP contribution is 2.31. The van der Waals surface area contributed by atoms with Gasteiger partial charge < -0.3 is 9.64 Å². The molecule has 0 spiro atoms. The zero-order chi connectivity index (χ0) is 22.7. The van der Waals surface area contributed by atoms with Gasteiger partial charge in [-0.25, -0.2) is 8.42 Å². The van der Waals surface area contributed by atoms with Crippen LogP contribution in [0, 0.1) is 0 Å². The molecule has 1 aliphatic heterocycles. The van der Waals surface area contributed by atoms with Gasteiger partial charge in [0.05, 0.1) is 23.7 Å². The summed E-state index contributed by atoms with van der Waals surface area (Å²) in [6.45, 7) is 0.314. The fraction of sp³-hybridized carbons (Fsp3) is 0.174. The van der Waals surface area contributed by atoms with E-state index in [4.69, 9.17) is 16.3 Å². The first kappa shape index (κ1) is 22.8. The molecule has 166 valence electrons. The van der Waals surface area contributed by atoms with Crippen LogP contribution in [0.15, 0.2) is 82.2 Å². The largest absolute Gasteiger partial charge is 0.490 e. The minimum absolute atomic E-state index is 0.0319. The van der Waals surface area contributed by atoms with Crippen molar-refractivity contribution in [2.45, 2.75) is 11.4 Å². The van der Waals surface area contributed by atoms with E-state index in [2.05, 4.69) is 15.9 Å². The third-order valence-corrected chi connectivity index (χ3v) is 7.80. The molecule has 3 aromatic rings. The minimum atomic E-state index is -3.97. The highest BCUT2D eigenvalue weighted by atomic mass is 79.9. The summed E-state index contributed by atoms with van der Waals surface area (Å²) in [5.74, 6) is 0.258. The highest BCUT2D eigenvalue weighted by Gasteiger charge is 2.31. The predicted molar refractivity (Wildman–Crippen MR) is 127 cm³/mol. The van der Waals surface area contributed by atoms with E-state index in [1.54, 1.807) is 53.4 Å². The lowest BCUT2D eigenvalue weighted by Crippen LogP contribution is -2.45. The molecule has 9 heteroatoms. The zero-order valence-corrected chi connectivity index (χ0v) is 20.1. The maximum Gasteiger partial charge on any atom is 0.243 e. The van der Waals surface area contributed by atoms with Crippen LogP contribution in [-0.2, 0) is 21.4 Å². The average Bonchev–Trinajstić information content (AvgIpc) is 2.79. The Hall–Kier alpha value is -2.39. The molecular formula is C23H20BrClN2O4S. The van der Waals surface area contributed by atoms with Crippen LogP contribution in [0.4, 0.5) is 5.69 Å². The maximum atomic E-state index is 13.5.